The van der Waals surface area contributed by atoms with Crippen LogP contribution in [0.3, 0.4) is 0 Å². The van der Waals surface area contributed by atoms with Crippen molar-refractivity contribution in [3.05, 3.63) is 66.5 Å². The van der Waals surface area contributed by atoms with E-state index in [1.807, 2.05) is 52.0 Å². The van der Waals surface area contributed by atoms with E-state index in [4.69, 9.17) is 19.2 Å². The van der Waals surface area contributed by atoms with Crippen LogP contribution in [0.15, 0.2) is 60.9 Å². The van der Waals surface area contributed by atoms with Crippen LogP contribution in [-0.4, -0.2) is 78.6 Å². The molecular formula is C33H40N6O6S. The van der Waals surface area contributed by atoms with Crippen molar-refractivity contribution >= 4 is 38.5 Å². The highest BCUT2D eigenvalue weighted by Gasteiger charge is 2.28. The van der Waals surface area contributed by atoms with Gasteiger partial charge in [-0.25, -0.2) is 28.2 Å². The number of amides is 1. The van der Waals surface area contributed by atoms with Crippen molar-refractivity contribution in [1.82, 2.24) is 19.9 Å². The van der Waals surface area contributed by atoms with Gasteiger partial charge in [-0.05, 0) is 70.4 Å². The molecule has 244 valence electrons. The molecule has 1 aliphatic rings. The van der Waals surface area contributed by atoms with Crippen LogP contribution in [0.25, 0.3) is 22.0 Å². The van der Waals surface area contributed by atoms with Gasteiger partial charge in [-0.15, -0.1) is 0 Å². The molecule has 1 atom stereocenters. The fraction of sp³-hybridized carbons (Fsp3) is 0.394. The first-order chi connectivity index (χ1) is 21.9. The van der Waals surface area contributed by atoms with Crippen molar-refractivity contribution in [1.29, 1.82) is 0 Å². The SMILES string of the molecule is COCCS(=O)(=O)Nc1cccc2c(Oc3ncccc3-c3ccnc(NC4CCCN(C(=O)OC(C)(C)C)C4)n3)c(C)ccc12. The molecule has 1 unspecified atom stereocenters. The van der Waals surface area contributed by atoms with Gasteiger partial charge in [0, 0.05) is 49.4 Å². The molecule has 46 heavy (non-hydrogen) atoms. The number of anilines is 2. The first-order valence-electron chi connectivity index (χ1n) is 15.1. The van der Waals surface area contributed by atoms with E-state index in [1.54, 1.807) is 41.6 Å². The summed E-state index contributed by atoms with van der Waals surface area (Å²) in [5.74, 6) is 1.15. The predicted octanol–water partition coefficient (Wildman–Crippen LogP) is 5.99. The number of nitrogens with one attached hydrogen (secondary N) is 2. The largest absolute Gasteiger partial charge is 0.444 e. The molecule has 1 saturated heterocycles. The summed E-state index contributed by atoms with van der Waals surface area (Å²) in [5.41, 5.74) is 1.98. The van der Waals surface area contributed by atoms with E-state index in [0.717, 1.165) is 23.8 Å². The summed E-state index contributed by atoms with van der Waals surface area (Å²) in [6.07, 6.45) is 4.67. The van der Waals surface area contributed by atoms with E-state index in [0.29, 0.717) is 53.0 Å². The molecule has 13 heteroatoms. The molecule has 0 spiro atoms. The van der Waals surface area contributed by atoms with Crippen LogP contribution >= 0.6 is 0 Å². The normalized spacial score (nSPS) is 15.4. The lowest BCUT2D eigenvalue weighted by molar-refractivity contribution is 0.0206. The molecule has 4 aromatic rings. The average molecular weight is 649 g/mol. The predicted molar refractivity (Wildman–Crippen MR) is 178 cm³/mol. The van der Waals surface area contributed by atoms with Gasteiger partial charge in [-0.1, -0.05) is 24.3 Å². The van der Waals surface area contributed by atoms with Gasteiger partial charge < -0.3 is 24.4 Å². The molecule has 2 aromatic heterocycles. The van der Waals surface area contributed by atoms with Gasteiger partial charge in [0.15, 0.2) is 0 Å². The molecule has 2 N–H and O–H groups in total. The number of hydrogen-bond acceptors (Lipinski definition) is 10. The van der Waals surface area contributed by atoms with E-state index in [1.165, 1.54) is 7.11 Å². The molecule has 2 aromatic carbocycles. The topological polar surface area (TPSA) is 145 Å². The van der Waals surface area contributed by atoms with Crippen LogP contribution in [0.1, 0.15) is 39.2 Å². The standard InChI is InChI=1S/C33H40N6O6S/c1-22-13-14-24-25(10-6-12-28(24)38-46(41,42)20-19-43-5)29(22)44-30-26(11-7-16-34-30)27-15-17-35-31(37-27)36-23-9-8-18-39(21-23)32(40)45-33(2,3)4/h6-7,10-17,23,38H,8-9,18-21H2,1-5H3,(H,35,36,37). The first-order valence-corrected chi connectivity index (χ1v) is 16.8. The highest BCUT2D eigenvalue weighted by Crippen LogP contribution is 2.39. The van der Waals surface area contributed by atoms with Crippen LogP contribution in [0.2, 0.25) is 0 Å². The number of likely N-dealkylation sites (tertiary alicyclic amines) is 1. The Labute approximate surface area is 269 Å². The minimum absolute atomic E-state index is 0.0411. The maximum atomic E-state index is 12.7. The molecule has 0 saturated carbocycles. The van der Waals surface area contributed by atoms with Crippen LogP contribution in [0.5, 0.6) is 11.6 Å². The van der Waals surface area contributed by atoms with Gasteiger partial charge >= 0.3 is 6.09 Å². The Bertz CT molecular complexity index is 1810. The van der Waals surface area contributed by atoms with E-state index in [9.17, 15) is 13.2 Å². The molecule has 5 rings (SSSR count). The summed E-state index contributed by atoms with van der Waals surface area (Å²) in [7, 11) is -2.16. The van der Waals surface area contributed by atoms with Gasteiger partial charge in [-0.2, -0.15) is 0 Å². The fourth-order valence-corrected chi connectivity index (χ4v) is 6.19. The summed E-state index contributed by atoms with van der Waals surface area (Å²) in [4.78, 5) is 28.1. The number of ether oxygens (including phenoxy) is 3. The van der Waals surface area contributed by atoms with Crippen LogP contribution in [-0.2, 0) is 19.5 Å². The lowest BCUT2D eigenvalue weighted by atomic mass is 10.0. The number of nitrogens with zero attached hydrogens (tertiary/aromatic N) is 4. The summed E-state index contributed by atoms with van der Waals surface area (Å²) in [5, 5.41) is 4.79. The van der Waals surface area contributed by atoms with Crippen molar-refractivity contribution in [2.45, 2.75) is 52.2 Å². The third-order valence-corrected chi connectivity index (χ3v) is 8.57. The maximum absolute atomic E-state index is 12.7. The maximum Gasteiger partial charge on any atom is 0.410 e. The number of methoxy groups -OCH3 is 1. The molecule has 3 heterocycles. The monoisotopic (exact) mass is 648 g/mol. The van der Waals surface area contributed by atoms with Crippen LogP contribution in [0, 0.1) is 6.92 Å². The quantitative estimate of drug-likeness (QED) is 0.210. The van der Waals surface area contributed by atoms with Gasteiger partial charge in [-0.3, -0.25) is 4.72 Å². The summed E-state index contributed by atoms with van der Waals surface area (Å²) in [6.45, 7) is 8.69. The van der Waals surface area contributed by atoms with Crippen molar-refractivity contribution in [2.24, 2.45) is 0 Å². The van der Waals surface area contributed by atoms with Gasteiger partial charge in [0.25, 0.3) is 0 Å². The Hall–Kier alpha value is -4.49. The summed E-state index contributed by atoms with van der Waals surface area (Å²) < 4.78 is 44.9. The fourth-order valence-electron chi connectivity index (χ4n) is 5.19. The van der Waals surface area contributed by atoms with Crippen LogP contribution < -0.4 is 14.8 Å². The zero-order valence-electron chi connectivity index (χ0n) is 26.7. The Morgan fingerprint density at radius 1 is 1.04 bits per heavy atom. The molecule has 1 amide bonds. The number of carbonyl (C=O) groups is 1. The number of hydrogen-bond donors (Lipinski definition) is 2. The molecule has 12 nitrogen and oxygen atoms in total. The molecule has 0 radical (unpaired) electrons. The van der Waals surface area contributed by atoms with Gasteiger partial charge in [0.2, 0.25) is 21.9 Å². The number of aryl methyl sites for hydroxylation is 1. The van der Waals surface area contributed by atoms with Crippen molar-refractivity contribution in [3.63, 3.8) is 0 Å². The van der Waals surface area contributed by atoms with E-state index in [-0.39, 0.29) is 24.5 Å². The Morgan fingerprint density at radius 3 is 2.65 bits per heavy atom. The summed E-state index contributed by atoms with van der Waals surface area (Å²) >= 11 is 0. The smallest absolute Gasteiger partial charge is 0.410 e. The van der Waals surface area contributed by atoms with Crippen molar-refractivity contribution in [2.75, 3.05) is 42.6 Å². The highest BCUT2D eigenvalue weighted by molar-refractivity contribution is 7.92. The first kappa shape index (κ1) is 32.9. The lowest BCUT2D eigenvalue weighted by Crippen LogP contribution is -2.47. The van der Waals surface area contributed by atoms with Gasteiger partial charge in [0.05, 0.1) is 29.3 Å². The number of benzene rings is 2. The molecule has 0 aliphatic carbocycles. The second-order valence-electron chi connectivity index (χ2n) is 12.2. The molecule has 1 aliphatic heterocycles. The van der Waals surface area contributed by atoms with E-state index in [2.05, 4.69) is 20.0 Å². The Kier molecular flexibility index (Phi) is 9.92. The highest BCUT2D eigenvalue weighted by atomic mass is 32.2. The number of pyridine rings is 1. The number of fused-ring (bicyclic) bond motifs is 1. The van der Waals surface area contributed by atoms with Gasteiger partial charge in [0.1, 0.15) is 11.4 Å². The van der Waals surface area contributed by atoms with Crippen LogP contribution in [0.4, 0.5) is 16.4 Å². The average Bonchev–Trinajstić information content (AvgIpc) is 3.01. The zero-order chi connectivity index (χ0) is 32.9. The van der Waals surface area contributed by atoms with Crippen molar-refractivity contribution < 1.29 is 27.4 Å². The second-order valence-corrected chi connectivity index (χ2v) is 14.0. The summed E-state index contributed by atoms with van der Waals surface area (Å²) in [6, 6.07) is 14.5. The number of sulfonamides is 1. The third kappa shape index (κ3) is 8.20. The van der Waals surface area contributed by atoms with E-state index < -0.39 is 15.6 Å². The Morgan fingerprint density at radius 2 is 1.87 bits per heavy atom. The number of rotatable bonds is 10. The minimum atomic E-state index is -3.62. The molecule has 0 bridgehead atoms. The number of piperidine rings is 1. The third-order valence-electron chi connectivity index (χ3n) is 7.34. The Balaban J connectivity index is 1.39. The molecular weight excluding hydrogens is 608 g/mol. The number of aromatic nitrogens is 3. The number of carbonyl (C=O) groups excluding carboxylic acids is 1. The van der Waals surface area contributed by atoms with E-state index >= 15 is 0 Å². The second kappa shape index (κ2) is 13.9. The lowest BCUT2D eigenvalue weighted by Gasteiger charge is -2.34. The molecule has 1 fully saturated rings. The zero-order valence-corrected chi connectivity index (χ0v) is 27.6. The minimum Gasteiger partial charge on any atom is -0.444 e. The van der Waals surface area contributed by atoms with Crippen molar-refractivity contribution in [3.8, 4) is 22.9 Å².